The fourth-order valence-corrected chi connectivity index (χ4v) is 2.88. The van der Waals surface area contributed by atoms with E-state index in [1.165, 1.54) is 12.8 Å². The van der Waals surface area contributed by atoms with E-state index in [4.69, 9.17) is 4.74 Å². The Morgan fingerprint density at radius 2 is 1.89 bits per heavy atom. The average molecular weight is 270 g/mol. The van der Waals surface area contributed by atoms with Crippen LogP contribution in [0.1, 0.15) is 51.4 Å². The number of rotatable bonds is 4. The third-order valence-electron chi connectivity index (χ3n) is 4.13. The van der Waals surface area contributed by atoms with Crippen LogP contribution in [-0.4, -0.2) is 42.5 Å². The molecule has 1 saturated carbocycles. The zero-order valence-corrected chi connectivity index (χ0v) is 11.6. The topological polar surface area (TPSA) is 70.6 Å². The van der Waals surface area contributed by atoms with Gasteiger partial charge < -0.3 is 20.5 Å². The van der Waals surface area contributed by atoms with Crippen molar-refractivity contribution in [3.05, 3.63) is 0 Å². The minimum Gasteiger partial charge on any atom is -0.388 e. The molecule has 19 heavy (non-hydrogen) atoms. The predicted molar refractivity (Wildman–Crippen MR) is 73.0 cm³/mol. The van der Waals surface area contributed by atoms with Gasteiger partial charge in [-0.25, -0.2) is 4.79 Å². The second-order valence-electron chi connectivity index (χ2n) is 5.84. The molecule has 1 unspecified atom stereocenters. The van der Waals surface area contributed by atoms with E-state index in [0.717, 1.165) is 45.1 Å². The first-order valence-electron chi connectivity index (χ1n) is 7.54. The molecule has 0 radical (unpaired) electrons. The zero-order valence-electron chi connectivity index (χ0n) is 11.6. The maximum absolute atomic E-state index is 11.7. The molecule has 3 N–H and O–H groups in total. The molecule has 1 aliphatic heterocycles. The zero-order chi connectivity index (χ0) is 13.6. The molecule has 2 fully saturated rings. The molecule has 1 atom stereocenters. The Balaban J connectivity index is 1.64. The van der Waals surface area contributed by atoms with Gasteiger partial charge in [-0.15, -0.1) is 0 Å². The van der Waals surface area contributed by atoms with Crippen LogP contribution in [0.25, 0.3) is 0 Å². The molecular weight excluding hydrogens is 244 g/mol. The molecule has 1 saturated heterocycles. The number of hydrogen-bond acceptors (Lipinski definition) is 3. The quantitative estimate of drug-likeness (QED) is 0.679. The van der Waals surface area contributed by atoms with E-state index in [2.05, 4.69) is 10.6 Å². The summed E-state index contributed by atoms with van der Waals surface area (Å²) in [5.41, 5.74) is -0.711. The summed E-state index contributed by atoms with van der Waals surface area (Å²) < 4.78 is 5.44. The molecule has 0 bridgehead atoms. The van der Waals surface area contributed by atoms with Crippen LogP contribution < -0.4 is 10.6 Å². The number of amides is 2. The number of hydrogen-bond donors (Lipinski definition) is 3. The Hall–Kier alpha value is -0.810. The van der Waals surface area contributed by atoms with Crippen LogP contribution >= 0.6 is 0 Å². The second-order valence-corrected chi connectivity index (χ2v) is 5.84. The Morgan fingerprint density at radius 1 is 1.16 bits per heavy atom. The predicted octanol–water partition coefficient (Wildman–Crippen LogP) is 1.55. The van der Waals surface area contributed by atoms with Gasteiger partial charge >= 0.3 is 6.03 Å². The van der Waals surface area contributed by atoms with Gasteiger partial charge in [-0.3, -0.25) is 0 Å². The number of urea groups is 1. The molecule has 2 aliphatic rings. The SMILES string of the molecule is O=C(NCC1CCCO1)NCC1(O)CCCCCC1. The van der Waals surface area contributed by atoms with Gasteiger partial charge in [0, 0.05) is 19.7 Å². The largest absolute Gasteiger partial charge is 0.388 e. The van der Waals surface area contributed by atoms with Gasteiger partial charge in [-0.2, -0.15) is 0 Å². The summed E-state index contributed by atoms with van der Waals surface area (Å²) in [7, 11) is 0. The first-order chi connectivity index (χ1) is 9.18. The van der Waals surface area contributed by atoms with Crippen molar-refractivity contribution in [2.45, 2.75) is 63.1 Å². The summed E-state index contributed by atoms with van der Waals surface area (Å²) in [5, 5.41) is 16.0. The van der Waals surface area contributed by atoms with Gasteiger partial charge in [0.1, 0.15) is 0 Å². The monoisotopic (exact) mass is 270 g/mol. The van der Waals surface area contributed by atoms with Crippen LogP contribution in [0.2, 0.25) is 0 Å². The lowest BCUT2D eigenvalue weighted by Crippen LogP contribution is -2.47. The van der Waals surface area contributed by atoms with Crippen molar-refractivity contribution in [2.24, 2.45) is 0 Å². The lowest BCUT2D eigenvalue weighted by Gasteiger charge is -2.27. The Labute approximate surface area is 115 Å². The summed E-state index contributed by atoms with van der Waals surface area (Å²) in [5.74, 6) is 0. The molecule has 5 nitrogen and oxygen atoms in total. The van der Waals surface area contributed by atoms with Crippen molar-refractivity contribution >= 4 is 6.03 Å². The van der Waals surface area contributed by atoms with Crippen molar-refractivity contribution in [1.82, 2.24) is 10.6 Å². The van der Waals surface area contributed by atoms with Crippen molar-refractivity contribution in [3.63, 3.8) is 0 Å². The highest BCUT2D eigenvalue weighted by Gasteiger charge is 2.28. The van der Waals surface area contributed by atoms with E-state index < -0.39 is 5.60 Å². The van der Waals surface area contributed by atoms with E-state index >= 15 is 0 Å². The smallest absolute Gasteiger partial charge is 0.314 e. The molecule has 2 amide bonds. The summed E-state index contributed by atoms with van der Waals surface area (Å²) in [6.45, 7) is 1.71. The third kappa shape index (κ3) is 4.99. The molecule has 1 heterocycles. The van der Waals surface area contributed by atoms with E-state index in [9.17, 15) is 9.90 Å². The van der Waals surface area contributed by atoms with Crippen LogP contribution in [0.3, 0.4) is 0 Å². The maximum atomic E-state index is 11.7. The number of carbonyl (C=O) groups is 1. The van der Waals surface area contributed by atoms with Gasteiger partial charge in [0.15, 0.2) is 0 Å². The average Bonchev–Trinajstić information content (AvgIpc) is 2.83. The minimum absolute atomic E-state index is 0.159. The molecule has 1 aliphatic carbocycles. The fraction of sp³-hybridized carbons (Fsp3) is 0.929. The van der Waals surface area contributed by atoms with Crippen molar-refractivity contribution < 1.29 is 14.6 Å². The maximum Gasteiger partial charge on any atom is 0.314 e. The highest BCUT2D eigenvalue weighted by atomic mass is 16.5. The Kier molecular flexibility index (Phi) is 5.45. The first-order valence-corrected chi connectivity index (χ1v) is 7.54. The molecule has 0 aromatic carbocycles. The number of carbonyl (C=O) groups excluding carboxylic acids is 1. The van der Waals surface area contributed by atoms with Crippen molar-refractivity contribution in [2.75, 3.05) is 19.7 Å². The van der Waals surface area contributed by atoms with Gasteiger partial charge in [-0.05, 0) is 25.7 Å². The van der Waals surface area contributed by atoms with Crippen molar-refractivity contribution in [1.29, 1.82) is 0 Å². The van der Waals surface area contributed by atoms with E-state index in [0.29, 0.717) is 13.1 Å². The summed E-state index contributed by atoms with van der Waals surface area (Å²) in [4.78, 5) is 11.7. The lowest BCUT2D eigenvalue weighted by molar-refractivity contribution is 0.0275. The highest BCUT2D eigenvalue weighted by molar-refractivity contribution is 5.73. The highest BCUT2D eigenvalue weighted by Crippen LogP contribution is 2.26. The lowest BCUT2D eigenvalue weighted by atomic mass is 9.95. The molecular formula is C14H26N2O3. The standard InChI is InChI=1S/C14H26N2O3/c17-13(15-10-12-6-5-9-19-12)16-11-14(18)7-3-1-2-4-8-14/h12,18H,1-11H2,(H2,15,16,17). The molecule has 110 valence electrons. The molecule has 0 aromatic heterocycles. The molecule has 0 spiro atoms. The van der Waals surface area contributed by atoms with Crippen molar-refractivity contribution in [3.8, 4) is 0 Å². The second kappa shape index (κ2) is 7.10. The molecule has 5 heteroatoms. The number of nitrogens with one attached hydrogen (secondary N) is 2. The molecule has 0 aromatic rings. The Bertz CT molecular complexity index is 282. The Morgan fingerprint density at radius 3 is 2.53 bits per heavy atom. The summed E-state index contributed by atoms with van der Waals surface area (Å²) in [6, 6.07) is -0.201. The summed E-state index contributed by atoms with van der Waals surface area (Å²) >= 11 is 0. The van der Waals surface area contributed by atoms with Gasteiger partial charge in [-0.1, -0.05) is 25.7 Å². The first kappa shape index (κ1) is 14.6. The van der Waals surface area contributed by atoms with Crippen LogP contribution in [0.5, 0.6) is 0 Å². The number of aliphatic hydroxyl groups is 1. The fourth-order valence-electron chi connectivity index (χ4n) is 2.88. The van der Waals surface area contributed by atoms with Gasteiger partial charge in [0.2, 0.25) is 0 Å². The third-order valence-corrected chi connectivity index (χ3v) is 4.13. The number of ether oxygens (including phenoxy) is 1. The van der Waals surface area contributed by atoms with Crippen LogP contribution in [0, 0.1) is 0 Å². The minimum atomic E-state index is -0.711. The summed E-state index contributed by atoms with van der Waals surface area (Å²) in [6.07, 6.45) is 8.31. The van der Waals surface area contributed by atoms with Crippen LogP contribution in [-0.2, 0) is 4.74 Å². The van der Waals surface area contributed by atoms with Gasteiger partial charge in [0.25, 0.3) is 0 Å². The van der Waals surface area contributed by atoms with E-state index in [1.807, 2.05) is 0 Å². The van der Waals surface area contributed by atoms with Crippen LogP contribution in [0.4, 0.5) is 4.79 Å². The van der Waals surface area contributed by atoms with Crippen LogP contribution in [0.15, 0.2) is 0 Å². The molecule has 2 rings (SSSR count). The van der Waals surface area contributed by atoms with E-state index in [-0.39, 0.29) is 12.1 Å². The normalized spacial score (nSPS) is 26.7. The van der Waals surface area contributed by atoms with Gasteiger partial charge in [0.05, 0.1) is 11.7 Å². The van der Waals surface area contributed by atoms with E-state index in [1.54, 1.807) is 0 Å².